The van der Waals surface area contributed by atoms with Crippen molar-refractivity contribution in [2.24, 2.45) is 0 Å². The smallest absolute Gasteiger partial charge is 0.336 e. The van der Waals surface area contributed by atoms with Crippen molar-refractivity contribution in [2.75, 3.05) is 4.72 Å². The van der Waals surface area contributed by atoms with Crippen molar-refractivity contribution in [3.63, 3.8) is 0 Å². The fraction of sp³-hybridized carbons (Fsp3) is 0.167. The van der Waals surface area contributed by atoms with E-state index in [1.165, 1.54) is 24.5 Å². The molecule has 0 fully saturated rings. The Morgan fingerprint density at radius 3 is 2.70 bits per heavy atom. The molecule has 1 aromatic heterocycles. The van der Waals surface area contributed by atoms with Gasteiger partial charge in [0.15, 0.2) is 5.82 Å². The molecule has 0 aliphatic rings. The maximum atomic E-state index is 12.1. The summed E-state index contributed by atoms with van der Waals surface area (Å²) in [6.07, 6.45) is 1.72. The summed E-state index contributed by atoms with van der Waals surface area (Å²) >= 11 is 0. The molecular weight excluding hydrogens is 284 g/mol. The van der Waals surface area contributed by atoms with Gasteiger partial charge in [-0.25, -0.2) is 13.2 Å². The van der Waals surface area contributed by atoms with Crippen LogP contribution in [0.4, 0.5) is 5.82 Å². The third-order valence-electron chi connectivity index (χ3n) is 2.68. The van der Waals surface area contributed by atoms with Crippen LogP contribution in [0.1, 0.15) is 22.8 Å². The van der Waals surface area contributed by atoms with Gasteiger partial charge >= 0.3 is 5.97 Å². The Balaban J connectivity index is 2.42. The van der Waals surface area contributed by atoms with Crippen LogP contribution in [0.2, 0.25) is 0 Å². The third-order valence-corrected chi connectivity index (χ3v) is 4.03. The lowest BCUT2D eigenvalue weighted by Crippen LogP contribution is -2.14. The van der Waals surface area contributed by atoms with Crippen molar-refractivity contribution in [2.45, 2.75) is 18.2 Å². The number of nitrogens with one attached hydrogen (secondary N) is 1. The number of sulfonamides is 1. The van der Waals surface area contributed by atoms with Gasteiger partial charge in [-0.15, -0.1) is 0 Å². The molecule has 2 aromatic rings. The summed E-state index contributed by atoms with van der Waals surface area (Å²) in [5, 5.41) is 12.5. The highest BCUT2D eigenvalue weighted by molar-refractivity contribution is 7.92. The number of carboxylic acid groups (broad SMARTS) is 1. The zero-order valence-electron chi connectivity index (χ0n) is 10.5. The number of hydrogen-bond donors (Lipinski definition) is 2. The molecule has 106 valence electrons. The molecule has 0 saturated heterocycles. The highest BCUT2D eigenvalue weighted by Gasteiger charge is 2.19. The summed E-state index contributed by atoms with van der Waals surface area (Å²) in [4.78, 5) is 11.0. The van der Waals surface area contributed by atoms with Gasteiger partial charge in [0.2, 0.25) is 0 Å². The van der Waals surface area contributed by atoms with E-state index in [1.807, 2.05) is 0 Å². The molecule has 1 heterocycles. The fourth-order valence-electron chi connectivity index (χ4n) is 1.69. The SMILES string of the molecule is CCc1ccc(S(=O)(=O)Nc2ccon2)cc1C(=O)O. The third kappa shape index (κ3) is 2.80. The predicted octanol–water partition coefficient (Wildman–Crippen LogP) is 1.74. The highest BCUT2D eigenvalue weighted by Crippen LogP contribution is 2.19. The van der Waals surface area contributed by atoms with E-state index in [1.54, 1.807) is 6.92 Å². The Hall–Kier alpha value is -2.35. The molecule has 2 rings (SSSR count). The molecular formula is C12H12N2O5S. The second-order valence-electron chi connectivity index (χ2n) is 3.97. The first kappa shape index (κ1) is 14.1. The standard InChI is InChI=1S/C12H12N2O5S/c1-2-8-3-4-9(7-10(8)12(15)16)20(17,18)14-11-5-6-19-13-11/h3-7H,2H2,1H3,(H,13,14)(H,15,16). The minimum atomic E-state index is -3.90. The van der Waals surface area contributed by atoms with E-state index in [0.29, 0.717) is 12.0 Å². The molecule has 8 heteroatoms. The lowest BCUT2D eigenvalue weighted by Gasteiger charge is -2.08. The van der Waals surface area contributed by atoms with E-state index in [9.17, 15) is 13.2 Å². The monoisotopic (exact) mass is 296 g/mol. The maximum Gasteiger partial charge on any atom is 0.336 e. The number of hydrogen-bond acceptors (Lipinski definition) is 5. The van der Waals surface area contributed by atoms with Crippen LogP contribution in [-0.2, 0) is 16.4 Å². The van der Waals surface area contributed by atoms with E-state index < -0.39 is 16.0 Å². The van der Waals surface area contributed by atoms with Gasteiger partial charge in [-0.3, -0.25) is 4.72 Å². The molecule has 0 amide bonds. The van der Waals surface area contributed by atoms with Gasteiger partial charge in [0.25, 0.3) is 10.0 Å². The number of aromatic nitrogens is 1. The molecule has 0 aliphatic heterocycles. The summed E-state index contributed by atoms with van der Waals surface area (Å²) in [6.45, 7) is 1.80. The molecule has 0 radical (unpaired) electrons. The number of benzene rings is 1. The minimum Gasteiger partial charge on any atom is -0.478 e. The normalized spacial score (nSPS) is 11.2. The zero-order chi connectivity index (χ0) is 14.8. The Morgan fingerprint density at radius 2 is 2.15 bits per heavy atom. The van der Waals surface area contributed by atoms with Crippen LogP contribution < -0.4 is 4.72 Å². The summed E-state index contributed by atoms with van der Waals surface area (Å²) < 4.78 is 30.9. The van der Waals surface area contributed by atoms with Crippen LogP contribution in [0.3, 0.4) is 0 Å². The van der Waals surface area contributed by atoms with Crippen LogP contribution in [0.15, 0.2) is 39.9 Å². The molecule has 0 atom stereocenters. The Kier molecular flexibility index (Phi) is 3.75. The number of anilines is 1. The molecule has 0 aliphatic carbocycles. The number of carbonyl (C=O) groups is 1. The van der Waals surface area contributed by atoms with Gasteiger partial charge in [-0.1, -0.05) is 18.1 Å². The van der Waals surface area contributed by atoms with Crippen LogP contribution in [0.5, 0.6) is 0 Å². The summed E-state index contributed by atoms with van der Waals surface area (Å²) in [7, 11) is -3.90. The molecule has 0 unspecified atom stereocenters. The largest absolute Gasteiger partial charge is 0.478 e. The van der Waals surface area contributed by atoms with Crippen molar-refractivity contribution < 1.29 is 22.8 Å². The Labute approximate surface area is 115 Å². The van der Waals surface area contributed by atoms with Crippen LogP contribution in [-0.4, -0.2) is 24.7 Å². The van der Waals surface area contributed by atoms with Gasteiger partial charge < -0.3 is 9.63 Å². The van der Waals surface area contributed by atoms with Gasteiger partial charge in [-0.2, -0.15) is 0 Å². The molecule has 20 heavy (non-hydrogen) atoms. The molecule has 0 saturated carbocycles. The second kappa shape index (κ2) is 5.33. The van der Waals surface area contributed by atoms with Crippen LogP contribution >= 0.6 is 0 Å². The van der Waals surface area contributed by atoms with Gasteiger partial charge in [0.05, 0.1) is 10.5 Å². The Bertz CT molecular complexity index is 722. The maximum absolute atomic E-state index is 12.1. The van der Waals surface area contributed by atoms with Crippen molar-refractivity contribution in [3.05, 3.63) is 41.7 Å². The van der Waals surface area contributed by atoms with Crippen molar-refractivity contribution in [1.29, 1.82) is 0 Å². The number of aromatic carboxylic acids is 1. The molecule has 0 spiro atoms. The number of aryl methyl sites for hydroxylation is 1. The summed E-state index contributed by atoms with van der Waals surface area (Å²) in [5.41, 5.74) is 0.536. The second-order valence-corrected chi connectivity index (χ2v) is 5.65. The van der Waals surface area contributed by atoms with E-state index in [4.69, 9.17) is 5.11 Å². The van der Waals surface area contributed by atoms with Gasteiger partial charge in [0.1, 0.15) is 6.26 Å². The van der Waals surface area contributed by atoms with Crippen LogP contribution in [0, 0.1) is 0 Å². The number of nitrogens with zero attached hydrogens (tertiary/aromatic N) is 1. The minimum absolute atomic E-state index is 0.0291. The fourth-order valence-corrected chi connectivity index (χ4v) is 2.71. The summed E-state index contributed by atoms with van der Waals surface area (Å²) in [6, 6.07) is 5.31. The van der Waals surface area contributed by atoms with Crippen molar-refractivity contribution in [1.82, 2.24) is 5.16 Å². The average molecular weight is 296 g/mol. The number of rotatable bonds is 5. The first-order valence-corrected chi connectivity index (χ1v) is 7.22. The van der Waals surface area contributed by atoms with E-state index in [2.05, 4.69) is 14.4 Å². The zero-order valence-corrected chi connectivity index (χ0v) is 11.3. The molecule has 7 nitrogen and oxygen atoms in total. The number of carboxylic acids is 1. The average Bonchev–Trinajstić information content (AvgIpc) is 2.89. The van der Waals surface area contributed by atoms with Gasteiger partial charge in [0, 0.05) is 6.07 Å². The molecule has 1 aromatic carbocycles. The van der Waals surface area contributed by atoms with Gasteiger partial charge in [-0.05, 0) is 24.1 Å². The van der Waals surface area contributed by atoms with Crippen LogP contribution in [0.25, 0.3) is 0 Å². The van der Waals surface area contributed by atoms with Crippen molar-refractivity contribution in [3.8, 4) is 0 Å². The quantitative estimate of drug-likeness (QED) is 0.869. The highest BCUT2D eigenvalue weighted by atomic mass is 32.2. The lowest BCUT2D eigenvalue weighted by molar-refractivity contribution is 0.0695. The van der Waals surface area contributed by atoms with E-state index in [0.717, 1.165) is 6.07 Å². The van der Waals surface area contributed by atoms with Crippen molar-refractivity contribution >= 4 is 21.8 Å². The first-order chi connectivity index (χ1) is 9.44. The van der Waals surface area contributed by atoms with E-state index >= 15 is 0 Å². The van der Waals surface area contributed by atoms with E-state index in [-0.39, 0.29) is 16.3 Å². The Morgan fingerprint density at radius 1 is 1.40 bits per heavy atom. The molecule has 2 N–H and O–H groups in total. The topological polar surface area (TPSA) is 110 Å². The lowest BCUT2D eigenvalue weighted by atomic mass is 10.1. The molecule has 0 bridgehead atoms. The first-order valence-electron chi connectivity index (χ1n) is 5.73. The summed E-state index contributed by atoms with van der Waals surface area (Å²) in [5.74, 6) is -1.14. The predicted molar refractivity (Wildman–Crippen MR) is 70.1 cm³/mol.